The molecule has 1 aromatic rings. The molecule has 0 bridgehead atoms. The third-order valence-corrected chi connectivity index (χ3v) is 2.40. The maximum absolute atomic E-state index is 11.6. The summed E-state index contributed by atoms with van der Waals surface area (Å²) < 4.78 is 5.28. The zero-order chi connectivity index (χ0) is 11.0. The van der Waals surface area contributed by atoms with Crippen LogP contribution >= 0.6 is 23.2 Å². The lowest BCUT2D eigenvalue weighted by Gasteiger charge is -2.23. The van der Waals surface area contributed by atoms with Crippen molar-refractivity contribution in [1.29, 1.82) is 0 Å². The molecule has 1 aromatic carbocycles. The Labute approximate surface area is 96.3 Å². The standard InChI is InChI=1S/C10H5Cl2NO2/c1-2-8-13-10(14)6-3-5(11)4-7(12)9(6)15-8/h1,3-4,8H,(H,13,14). The van der Waals surface area contributed by atoms with E-state index >= 15 is 0 Å². The number of terminal acetylenes is 1. The van der Waals surface area contributed by atoms with Crippen molar-refractivity contribution < 1.29 is 9.53 Å². The number of carbonyl (C=O) groups excluding carboxylic acids is 1. The molecule has 5 heteroatoms. The van der Waals surface area contributed by atoms with Crippen molar-refractivity contribution in [3.8, 4) is 18.1 Å². The number of hydrogen-bond acceptors (Lipinski definition) is 2. The second kappa shape index (κ2) is 3.65. The Morgan fingerprint density at radius 1 is 1.47 bits per heavy atom. The third kappa shape index (κ3) is 1.74. The molecular weight excluding hydrogens is 237 g/mol. The van der Waals surface area contributed by atoms with Gasteiger partial charge in [-0.05, 0) is 18.1 Å². The van der Waals surface area contributed by atoms with E-state index in [1.807, 2.05) is 0 Å². The minimum Gasteiger partial charge on any atom is -0.457 e. The zero-order valence-electron chi connectivity index (χ0n) is 7.38. The number of carbonyl (C=O) groups is 1. The number of benzene rings is 1. The van der Waals surface area contributed by atoms with E-state index in [9.17, 15) is 4.79 Å². The largest absolute Gasteiger partial charge is 0.457 e. The summed E-state index contributed by atoms with van der Waals surface area (Å²) in [4.78, 5) is 11.6. The van der Waals surface area contributed by atoms with Crippen LogP contribution in [0.1, 0.15) is 10.4 Å². The molecule has 1 aliphatic rings. The lowest BCUT2D eigenvalue weighted by atomic mass is 10.1. The molecule has 1 heterocycles. The van der Waals surface area contributed by atoms with E-state index < -0.39 is 6.23 Å². The van der Waals surface area contributed by atoms with Crippen molar-refractivity contribution in [1.82, 2.24) is 5.32 Å². The predicted octanol–water partition coefficient (Wildman–Crippen LogP) is 2.07. The Hall–Kier alpha value is -1.37. The van der Waals surface area contributed by atoms with Crippen molar-refractivity contribution >= 4 is 29.1 Å². The van der Waals surface area contributed by atoms with Gasteiger partial charge in [-0.1, -0.05) is 23.2 Å². The summed E-state index contributed by atoms with van der Waals surface area (Å²) in [7, 11) is 0. The molecular formula is C10H5Cl2NO2. The Balaban J connectivity index is 2.56. The molecule has 0 fully saturated rings. The van der Waals surface area contributed by atoms with Crippen LogP contribution in [0.3, 0.4) is 0 Å². The quantitative estimate of drug-likeness (QED) is 0.707. The first-order valence-electron chi connectivity index (χ1n) is 4.04. The topological polar surface area (TPSA) is 38.3 Å². The van der Waals surface area contributed by atoms with Crippen LogP contribution in [0.4, 0.5) is 0 Å². The van der Waals surface area contributed by atoms with Crippen LogP contribution in [0.15, 0.2) is 12.1 Å². The number of fused-ring (bicyclic) bond motifs is 1. The molecule has 1 aliphatic heterocycles. The Bertz CT molecular complexity index is 479. The summed E-state index contributed by atoms with van der Waals surface area (Å²) in [5.41, 5.74) is 0.291. The Morgan fingerprint density at radius 3 is 2.87 bits per heavy atom. The molecule has 1 unspecified atom stereocenters. The first-order valence-corrected chi connectivity index (χ1v) is 4.80. The molecule has 15 heavy (non-hydrogen) atoms. The summed E-state index contributed by atoms with van der Waals surface area (Å²) in [6.45, 7) is 0. The van der Waals surface area contributed by atoms with Gasteiger partial charge in [-0.3, -0.25) is 4.79 Å². The first-order chi connectivity index (χ1) is 7.11. The van der Waals surface area contributed by atoms with Crippen LogP contribution in [0, 0.1) is 12.3 Å². The molecule has 0 saturated carbocycles. The van der Waals surface area contributed by atoms with E-state index in [2.05, 4.69) is 11.2 Å². The van der Waals surface area contributed by atoms with Gasteiger partial charge in [0.25, 0.3) is 5.91 Å². The highest BCUT2D eigenvalue weighted by atomic mass is 35.5. The minimum atomic E-state index is -0.788. The SMILES string of the molecule is C#CC1NC(=O)c2cc(Cl)cc(Cl)c2O1. The van der Waals surface area contributed by atoms with Gasteiger partial charge >= 0.3 is 0 Å². The van der Waals surface area contributed by atoms with Crippen LogP contribution in [-0.4, -0.2) is 12.1 Å². The van der Waals surface area contributed by atoms with E-state index in [4.69, 9.17) is 34.4 Å². The van der Waals surface area contributed by atoms with Crippen LogP contribution in [0.25, 0.3) is 0 Å². The molecule has 3 nitrogen and oxygen atoms in total. The molecule has 0 aromatic heterocycles. The van der Waals surface area contributed by atoms with Crippen molar-refractivity contribution in [3.05, 3.63) is 27.7 Å². The maximum atomic E-state index is 11.6. The van der Waals surface area contributed by atoms with E-state index in [-0.39, 0.29) is 16.7 Å². The summed E-state index contributed by atoms with van der Waals surface area (Å²) in [5.74, 6) is 2.20. The van der Waals surface area contributed by atoms with Gasteiger partial charge in [0, 0.05) is 5.02 Å². The van der Waals surface area contributed by atoms with Crippen LogP contribution in [-0.2, 0) is 0 Å². The molecule has 2 rings (SSSR count). The van der Waals surface area contributed by atoms with Crippen molar-refractivity contribution in [3.63, 3.8) is 0 Å². The predicted molar refractivity (Wildman–Crippen MR) is 57.2 cm³/mol. The second-order valence-corrected chi connectivity index (χ2v) is 3.75. The highest BCUT2D eigenvalue weighted by Gasteiger charge is 2.26. The van der Waals surface area contributed by atoms with Gasteiger partial charge in [-0.2, -0.15) is 0 Å². The minimum absolute atomic E-state index is 0.271. The smallest absolute Gasteiger partial charge is 0.258 e. The second-order valence-electron chi connectivity index (χ2n) is 2.90. The number of hydrogen-bond donors (Lipinski definition) is 1. The summed E-state index contributed by atoms with van der Waals surface area (Å²) in [6.07, 6.45) is 4.36. The van der Waals surface area contributed by atoms with Crippen molar-refractivity contribution in [2.45, 2.75) is 6.23 Å². The van der Waals surface area contributed by atoms with Gasteiger partial charge in [-0.25, -0.2) is 0 Å². The Kier molecular flexibility index (Phi) is 2.47. The fourth-order valence-corrected chi connectivity index (χ4v) is 1.81. The van der Waals surface area contributed by atoms with E-state index in [0.29, 0.717) is 10.6 Å². The van der Waals surface area contributed by atoms with Gasteiger partial charge in [0.1, 0.15) is 0 Å². The average molecular weight is 242 g/mol. The molecule has 1 atom stereocenters. The van der Waals surface area contributed by atoms with Crippen LogP contribution < -0.4 is 10.1 Å². The number of amides is 1. The van der Waals surface area contributed by atoms with E-state index in [1.165, 1.54) is 12.1 Å². The van der Waals surface area contributed by atoms with Crippen LogP contribution in [0.5, 0.6) is 5.75 Å². The fraction of sp³-hybridized carbons (Fsp3) is 0.100. The molecule has 0 saturated heterocycles. The fourth-order valence-electron chi connectivity index (χ4n) is 1.27. The number of ether oxygens (including phenoxy) is 1. The number of halogens is 2. The normalized spacial score (nSPS) is 18.5. The first kappa shape index (κ1) is 10.2. The van der Waals surface area contributed by atoms with Crippen LogP contribution in [0.2, 0.25) is 10.0 Å². The van der Waals surface area contributed by atoms with Gasteiger partial charge in [0.05, 0.1) is 10.6 Å². The highest BCUT2D eigenvalue weighted by Crippen LogP contribution is 2.34. The monoisotopic (exact) mass is 241 g/mol. The maximum Gasteiger partial charge on any atom is 0.258 e. The Morgan fingerprint density at radius 2 is 2.20 bits per heavy atom. The number of rotatable bonds is 0. The van der Waals surface area contributed by atoms with Crippen molar-refractivity contribution in [2.75, 3.05) is 0 Å². The van der Waals surface area contributed by atoms with E-state index in [1.54, 1.807) is 0 Å². The van der Waals surface area contributed by atoms with Gasteiger partial charge in [0.2, 0.25) is 6.23 Å². The molecule has 0 aliphatic carbocycles. The molecule has 76 valence electrons. The summed E-state index contributed by atoms with van der Waals surface area (Å²) in [5, 5.41) is 3.10. The van der Waals surface area contributed by atoms with Gasteiger partial charge < -0.3 is 10.1 Å². The number of nitrogens with one attached hydrogen (secondary N) is 1. The van der Waals surface area contributed by atoms with E-state index in [0.717, 1.165) is 0 Å². The van der Waals surface area contributed by atoms with Gasteiger partial charge in [-0.15, -0.1) is 6.42 Å². The molecule has 1 N–H and O–H groups in total. The summed E-state index contributed by atoms with van der Waals surface area (Å²) in [6, 6.07) is 2.97. The molecule has 1 amide bonds. The lowest BCUT2D eigenvalue weighted by Crippen LogP contribution is -2.42. The third-order valence-electron chi connectivity index (χ3n) is 1.90. The highest BCUT2D eigenvalue weighted by molar-refractivity contribution is 6.36. The molecule has 0 radical (unpaired) electrons. The average Bonchev–Trinajstić information content (AvgIpc) is 2.19. The van der Waals surface area contributed by atoms with Gasteiger partial charge in [0.15, 0.2) is 5.75 Å². The molecule has 0 spiro atoms. The lowest BCUT2D eigenvalue weighted by molar-refractivity contribution is 0.0833. The zero-order valence-corrected chi connectivity index (χ0v) is 8.89. The van der Waals surface area contributed by atoms with Crippen molar-refractivity contribution in [2.24, 2.45) is 0 Å². The summed E-state index contributed by atoms with van der Waals surface area (Å²) >= 11 is 11.6.